The Balaban J connectivity index is 1.31. The molecule has 0 fully saturated rings. The summed E-state index contributed by atoms with van der Waals surface area (Å²) in [6, 6.07) is 13.7. The zero-order chi connectivity index (χ0) is 20.9. The van der Waals surface area contributed by atoms with E-state index < -0.39 is 6.10 Å². The number of nitrogens with one attached hydrogen (secondary N) is 2. The fourth-order valence-electron chi connectivity index (χ4n) is 3.76. The van der Waals surface area contributed by atoms with Gasteiger partial charge in [-0.25, -0.2) is 9.97 Å². The van der Waals surface area contributed by atoms with Crippen molar-refractivity contribution in [1.82, 2.24) is 19.9 Å². The Hall–Kier alpha value is -3.03. The summed E-state index contributed by atoms with van der Waals surface area (Å²) in [7, 11) is 0. The summed E-state index contributed by atoms with van der Waals surface area (Å²) in [5, 5.41) is 13.6. The van der Waals surface area contributed by atoms with Crippen LogP contribution in [0.1, 0.15) is 23.7 Å². The third-order valence-electron chi connectivity index (χ3n) is 5.39. The summed E-state index contributed by atoms with van der Waals surface area (Å²) in [6.45, 7) is 4.84. The predicted molar refractivity (Wildman–Crippen MR) is 117 cm³/mol. The molecule has 0 amide bonds. The SMILES string of the molecule is CCc1cc(=O)[nH]c(-c2ccc(NCC(O)CN3CCc4ccccc4C3)nc2)n1. The van der Waals surface area contributed by atoms with Crippen LogP contribution in [-0.2, 0) is 19.4 Å². The number of hydrogen-bond donors (Lipinski definition) is 3. The molecule has 0 aliphatic carbocycles. The standard InChI is InChI=1S/C23H27N5O2/c1-2-19-11-22(30)27-23(26-19)17-7-8-21(24-12-17)25-13-20(29)15-28-10-9-16-5-3-4-6-18(16)14-28/h3-8,11-12,20,29H,2,9-10,13-15H2,1H3,(H,24,25)(H,26,27,30). The second-order valence-corrected chi connectivity index (χ2v) is 7.66. The lowest BCUT2D eigenvalue weighted by Gasteiger charge is -2.30. The van der Waals surface area contributed by atoms with Crippen LogP contribution in [0.5, 0.6) is 0 Å². The van der Waals surface area contributed by atoms with Gasteiger partial charge in [0.2, 0.25) is 0 Å². The fourth-order valence-corrected chi connectivity index (χ4v) is 3.76. The number of benzene rings is 1. The van der Waals surface area contributed by atoms with Crippen LogP contribution in [0.3, 0.4) is 0 Å². The number of nitrogens with zero attached hydrogens (tertiary/aromatic N) is 3. The molecule has 4 rings (SSSR count). The van der Waals surface area contributed by atoms with Gasteiger partial charge in [0.25, 0.3) is 5.56 Å². The summed E-state index contributed by atoms with van der Waals surface area (Å²) in [6.07, 6.45) is 2.91. The number of rotatable bonds is 7. The van der Waals surface area contributed by atoms with Gasteiger partial charge < -0.3 is 15.4 Å². The highest BCUT2D eigenvalue weighted by Crippen LogP contribution is 2.19. The van der Waals surface area contributed by atoms with Gasteiger partial charge >= 0.3 is 0 Å². The quantitative estimate of drug-likeness (QED) is 0.558. The van der Waals surface area contributed by atoms with Crippen LogP contribution in [-0.4, -0.2) is 50.7 Å². The van der Waals surface area contributed by atoms with Crippen molar-refractivity contribution in [2.24, 2.45) is 0 Å². The van der Waals surface area contributed by atoms with Gasteiger partial charge in [-0.15, -0.1) is 0 Å². The Morgan fingerprint density at radius 3 is 2.83 bits per heavy atom. The number of hydrogen-bond acceptors (Lipinski definition) is 6. The number of H-pyrrole nitrogens is 1. The van der Waals surface area contributed by atoms with E-state index in [-0.39, 0.29) is 5.56 Å². The van der Waals surface area contributed by atoms with E-state index in [1.165, 1.54) is 17.2 Å². The number of β-amino-alcohol motifs (C(OH)–C–C–N with tert-alkyl or cyclic N) is 1. The molecule has 1 atom stereocenters. The van der Waals surface area contributed by atoms with Gasteiger partial charge in [-0.05, 0) is 36.1 Å². The van der Waals surface area contributed by atoms with Crippen LogP contribution >= 0.6 is 0 Å². The van der Waals surface area contributed by atoms with E-state index >= 15 is 0 Å². The Morgan fingerprint density at radius 2 is 2.07 bits per heavy atom. The van der Waals surface area contributed by atoms with Crippen LogP contribution in [0.25, 0.3) is 11.4 Å². The highest BCUT2D eigenvalue weighted by atomic mass is 16.3. The van der Waals surface area contributed by atoms with E-state index in [1.54, 1.807) is 6.20 Å². The zero-order valence-electron chi connectivity index (χ0n) is 17.1. The highest BCUT2D eigenvalue weighted by molar-refractivity contribution is 5.55. The van der Waals surface area contributed by atoms with Crippen LogP contribution in [0.4, 0.5) is 5.82 Å². The number of fused-ring (bicyclic) bond motifs is 1. The van der Waals surface area contributed by atoms with Gasteiger partial charge in [0.05, 0.1) is 6.10 Å². The Kier molecular flexibility index (Phi) is 6.21. The molecule has 0 radical (unpaired) electrons. The summed E-state index contributed by atoms with van der Waals surface area (Å²) in [4.78, 5) is 25.6. The molecule has 1 unspecified atom stereocenters. The smallest absolute Gasteiger partial charge is 0.251 e. The van der Waals surface area contributed by atoms with Crippen molar-refractivity contribution in [3.8, 4) is 11.4 Å². The maximum absolute atomic E-state index is 11.8. The fraction of sp³-hybridized carbons (Fsp3) is 0.348. The Bertz CT molecular complexity index is 1050. The van der Waals surface area contributed by atoms with Crippen molar-refractivity contribution in [3.05, 3.63) is 75.8 Å². The number of aromatic nitrogens is 3. The monoisotopic (exact) mass is 405 g/mol. The largest absolute Gasteiger partial charge is 0.390 e. The molecule has 7 nitrogen and oxygen atoms in total. The van der Waals surface area contributed by atoms with Gasteiger partial charge in [-0.1, -0.05) is 31.2 Å². The maximum Gasteiger partial charge on any atom is 0.251 e. The molecule has 7 heteroatoms. The molecule has 1 aliphatic rings. The highest BCUT2D eigenvalue weighted by Gasteiger charge is 2.18. The van der Waals surface area contributed by atoms with E-state index in [4.69, 9.17) is 0 Å². The number of anilines is 1. The van der Waals surface area contributed by atoms with Crippen molar-refractivity contribution >= 4 is 5.82 Å². The summed E-state index contributed by atoms with van der Waals surface area (Å²) >= 11 is 0. The predicted octanol–water partition coefficient (Wildman–Crippen LogP) is 2.23. The van der Waals surface area contributed by atoms with E-state index in [2.05, 4.69) is 49.4 Å². The number of aryl methyl sites for hydroxylation is 1. The second kappa shape index (κ2) is 9.19. The third-order valence-corrected chi connectivity index (χ3v) is 5.39. The summed E-state index contributed by atoms with van der Waals surface area (Å²) in [5.74, 6) is 1.19. The van der Waals surface area contributed by atoms with Gasteiger partial charge in [0, 0.05) is 49.7 Å². The normalized spacial score (nSPS) is 14.9. The molecule has 30 heavy (non-hydrogen) atoms. The minimum absolute atomic E-state index is 0.164. The zero-order valence-corrected chi connectivity index (χ0v) is 17.1. The second-order valence-electron chi connectivity index (χ2n) is 7.66. The topological polar surface area (TPSA) is 94.1 Å². The van der Waals surface area contributed by atoms with E-state index in [0.717, 1.165) is 30.8 Å². The lowest BCUT2D eigenvalue weighted by molar-refractivity contribution is 0.114. The molecule has 3 N–H and O–H groups in total. The van der Waals surface area contributed by atoms with E-state index in [1.807, 2.05) is 19.1 Å². The lowest BCUT2D eigenvalue weighted by Crippen LogP contribution is -2.39. The molecule has 2 aromatic heterocycles. The number of aliphatic hydroxyl groups is 1. The molecule has 0 saturated carbocycles. The first-order valence-corrected chi connectivity index (χ1v) is 10.4. The van der Waals surface area contributed by atoms with Crippen LogP contribution in [0, 0.1) is 0 Å². The van der Waals surface area contributed by atoms with Crippen LogP contribution < -0.4 is 10.9 Å². The molecule has 3 heterocycles. The third kappa shape index (κ3) is 4.93. The Labute approximate surface area is 175 Å². The minimum Gasteiger partial charge on any atom is -0.390 e. The molecule has 0 saturated heterocycles. The lowest BCUT2D eigenvalue weighted by atomic mass is 10.00. The van der Waals surface area contributed by atoms with Crippen molar-refractivity contribution in [2.45, 2.75) is 32.4 Å². The first-order valence-electron chi connectivity index (χ1n) is 10.4. The number of pyridine rings is 1. The first kappa shape index (κ1) is 20.3. The molecule has 0 spiro atoms. The van der Waals surface area contributed by atoms with Gasteiger partial charge in [-0.2, -0.15) is 0 Å². The van der Waals surface area contributed by atoms with Gasteiger partial charge in [0.1, 0.15) is 11.6 Å². The van der Waals surface area contributed by atoms with Crippen molar-refractivity contribution < 1.29 is 5.11 Å². The summed E-state index contributed by atoms with van der Waals surface area (Å²) < 4.78 is 0. The summed E-state index contributed by atoms with van der Waals surface area (Å²) in [5.41, 5.74) is 4.09. The molecule has 1 aliphatic heterocycles. The first-order chi connectivity index (χ1) is 14.6. The number of aromatic amines is 1. The van der Waals surface area contributed by atoms with E-state index in [9.17, 15) is 9.90 Å². The molecule has 0 bridgehead atoms. The van der Waals surface area contributed by atoms with Crippen molar-refractivity contribution in [2.75, 3.05) is 25.0 Å². The van der Waals surface area contributed by atoms with E-state index in [0.29, 0.717) is 31.2 Å². The molecule has 156 valence electrons. The average Bonchev–Trinajstić information content (AvgIpc) is 2.77. The average molecular weight is 406 g/mol. The van der Waals surface area contributed by atoms with Crippen molar-refractivity contribution in [1.29, 1.82) is 0 Å². The van der Waals surface area contributed by atoms with Gasteiger partial charge in [0.15, 0.2) is 0 Å². The Morgan fingerprint density at radius 1 is 1.23 bits per heavy atom. The molecular weight excluding hydrogens is 378 g/mol. The minimum atomic E-state index is -0.490. The maximum atomic E-state index is 11.8. The molecular formula is C23H27N5O2. The number of aliphatic hydroxyl groups excluding tert-OH is 1. The van der Waals surface area contributed by atoms with Crippen LogP contribution in [0.15, 0.2) is 53.5 Å². The molecule has 1 aromatic carbocycles. The molecule has 3 aromatic rings. The van der Waals surface area contributed by atoms with Crippen LogP contribution in [0.2, 0.25) is 0 Å². The van der Waals surface area contributed by atoms with Gasteiger partial charge in [-0.3, -0.25) is 9.69 Å². The van der Waals surface area contributed by atoms with Crippen molar-refractivity contribution in [3.63, 3.8) is 0 Å².